The second-order valence-corrected chi connectivity index (χ2v) is 9.27. The molecular weight excluding hydrogens is 312 g/mol. The molecule has 2 aliphatic carbocycles. The Morgan fingerprint density at radius 1 is 1.20 bits per heavy atom. The zero-order valence-corrected chi connectivity index (χ0v) is 16.9. The number of hydrogen-bond acceptors (Lipinski definition) is 3. The Hall–Kier alpha value is -1.09. The molecule has 25 heavy (non-hydrogen) atoms. The topological polar surface area (TPSA) is 46.5 Å². The molecule has 0 unspecified atom stereocenters. The van der Waals surface area contributed by atoms with Crippen LogP contribution in [0, 0.1) is 22.7 Å². The molecule has 0 radical (unpaired) electrons. The summed E-state index contributed by atoms with van der Waals surface area (Å²) in [6.07, 6.45) is 11.3. The molecule has 3 nitrogen and oxygen atoms in total. The van der Waals surface area contributed by atoms with Crippen molar-refractivity contribution in [2.24, 2.45) is 22.7 Å². The SMILES string of the molecule is CCOC(=O)/C=C(C)/C=C/[C@@H]1[C@@]2(C)CCCC(C)(C)[C@@H]2CC[C@@]1(C)O. The van der Waals surface area contributed by atoms with Gasteiger partial charge in [0.25, 0.3) is 0 Å². The first-order valence-electron chi connectivity index (χ1n) is 9.78. The molecule has 0 spiro atoms. The number of rotatable bonds is 4. The van der Waals surface area contributed by atoms with Gasteiger partial charge in [-0.05, 0) is 68.8 Å². The van der Waals surface area contributed by atoms with Gasteiger partial charge >= 0.3 is 5.97 Å². The standard InChI is InChI=1S/C22H36O3/c1-7-25-19(23)15-16(2)9-10-18-21(5)13-8-12-20(3,4)17(21)11-14-22(18,6)24/h9-10,15,17-18,24H,7-8,11-14H2,1-6H3/b10-9+,16-15+/t17-,18+,21-,22+/m0/s1. The van der Waals surface area contributed by atoms with Crippen molar-refractivity contribution in [2.45, 2.75) is 79.2 Å². The van der Waals surface area contributed by atoms with E-state index in [0.29, 0.717) is 17.9 Å². The number of ether oxygens (including phenoxy) is 1. The molecule has 3 heteroatoms. The van der Waals surface area contributed by atoms with Crippen LogP contribution >= 0.6 is 0 Å². The molecule has 0 aliphatic heterocycles. The van der Waals surface area contributed by atoms with Gasteiger partial charge in [0.15, 0.2) is 0 Å². The Bertz CT molecular complexity index is 556. The van der Waals surface area contributed by atoms with Gasteiger partial charge in [0, 0.05) is 12.0 Å². The molecule has 2 aliphatic rings. The van der Waals surface area contributed by atoms with Gasteiger partial charge in [0.1, 0.15) is 0 Å². The van der Waals surface area contributed by atoms with E-state index in [4.69, 9.17) is 4.74 Å². The van der Waals surface area contributed by atoms with Crippen LogP contribution in [-0.2, 0) is 9.53 Å². The second kappa shape index (κ2) is 7.26. The smallest absolute Gasteiger partial charge is 0.330 e. The molecule has 2 fully saturated rings. The molecule has 0 saturated heterocycles. The van der Waals surface area contributed by atoms with E-state index in [1.807, 2.05) is 26.8 Å². The summed E-state index contributed by atoms with van der Waals surface area (Å²) >= 11 is 0. The lowest BCUT2D eigenvalue weighted by atomic mass is 9.45. The molecule has 2 saturated carbocycles. The van der Waals surface area contributed by atoms with Gasteiger partial charge in [-0.15, -0.1) is 0 Å². The third kappa shape index (κ3) is 4.19. The lowest BCUT2D eigenvalue weighted by molar-refractivity contribution is -0.149. The van der Waals surface area contributed by atoms with Crippen LogP contribution in [0.1, 0.15) is 73.6 Å². The van der Waals surface area contributed by atoms with Gasteiger partial charge in [0.05, 0.1) is 12.2 Å². The highest BCUT2D eigenvalue weighted by atomic mass is 16.5. The summed E-state index contributed by atoms with van der Waals surface area (Å²) in [6, 6.07) is 0. The average Bonchev–Trinajstić information content (AvgIpc) is 2.44. The van der Waals surface area contributed by atoms with Crippen molar-refractivity contribution in [3.8, 4) is 0 Å². The lowest BCUT2D eigenvalue weighted by Gasteiger charge is -2.60. The van der Waals surface area contributed by atoms with Gasteiger partial charge in [-0.1, -0.05) is 39.3 Å². The summed E-state index contributed by atoms with van der Waals surface area (Å²) in [6.45, 7) is 13.2. The van der Waals surface area contributed by atoms with E-state index in [9.17, 15) is 9.90 Å². The molecule has 1 N–H and O–H groups in total. The van der Waals surface area contributed by atoms with Gasteiger partial charge in [-0.3, -0.25) is 0 Å². The number of fused-ring (bicyclic) bond motifs is 1. The van der Waals surface area contributed by atoms with Crippen LogP contribution in [0.2, 0.25) is 0 Å². The predicted octanol–water partition coefficient (Wildman–Crippen LogP) is 5.05. The second-order valence-electron chi connectivity index (χ2n) is 9.27. The summed E-state index contributed by atoms with van der Waals surface area (Å²) in [5, 5.41) is 11.1. The van der Waals surface area contributed by atoms with Gasteiger partial charge < -0.3 is 9.84 Å². The number of allylic oxidation sites excluding steroid dienone is 2. The number of esters is 1. The quantitative estimate of drug-likeness (QED) is 0.439. The molecular formula is C22H36O3. The predicted molar refractivity (Wildman–Crippen MR) is 102 cm³/mol. The maximum absolute atomic E-state index is 11.6. The van der Waals surface area contributed by atoms with Crippen LogP contribution in [-0.4, -0.2) is 23.3 Å². The van der Waals surface area contributed by atoms with Crippen LogP contribution in [0.15, 0.2) is 23.8 Å². The number of carbonyl (C=O) groups is 1. The third-order valence-electron chi connectivity index (χ3n) is 6.78. The summed E-state index contributed by atoms with van der Waals surface area (Å²) in [4.78, 5) is 11.6. The maximum Gasteiger partial charge on any atom is 0.330 e. The van der Waals surface area contributed by atoms with Crippen molar-refractivity contribution in [2.75, 3.05) is 6.61 Å². The molecule has 0 aromatic rings. The maximum atomic E-state index is 11.6. The highest BCUT2D eigenvalue weighted by Gasteiger charge is 2.57. The van der Waals surface area contributed by atoms with Crippen molar-refractivity contribution in [1.82, 2.24) is 0 Å². The zero-order chi connectivity index (χ0) is 18.9. The highest BCUT2D eigenvalue weighted by molar-refractivity contribution is 5.83. The molecule has 2 rings (SSSR count). The van der Waals surface area contributed by atoms with E-state index in [0.717, 1.165) is 24.8 Å². The van der Waals surface area contributed by atoms with Crippen LogP contribution in [0.3, 0.4) is 0 Å². The number of carbonyl (C=O) groups excluding carboxylic acids is 1. The molecule has 0 bridgehead atoms. The van der Waals surface area contributed by atoms with Crippen molar-refractivity contribution >= 4 is 5.97 Å². The summed E-state index contributed by atoms with van der Waals surface area (Å²) in [5.74, 6) is 0.421. The zero-order valence-electron chi connectivity index (χ0n) is 16.9. The van der Waals surface area contributed by atoms with Gasteiger partial charge in [0.2, 0.25) is 0 Å². The number of aliphatic hydroxyl groups is 1. The normalized spacial score (nSPS) is 38.4. The van der Waals surface area contributed by atoms with E-state index in [2.05, 4.69) is 26.8 Å². The average molecular weight is 349 g/mol. The van der Waals surface area contributed by atoms with Crippen LogP contribution in [0.25, 0.3) is 0 Å². The fourth-order valence-corrected chi connectivity index (χ4v) is 5.65. The van der Waals surface area contributed by atoms with Crippen LogP contribution < -0.4 is 0 Å². The van der Waals surface area contributed by atoms with Crippen LogP contribution in [0.4, 0.5) is 0 Å². The molecule has 0 aromatic carbocycles. The third-order valence-corrected chi connectivity index (χ3v) is 6.78. The summed E-state index contributed by atoms with van der Waals surface area (Å²) in [5.41, 5.74) is 0.602. The summed E-state index contributed by atoms with van der Waals surface area (Å²) < 4.78 is 4.98. The minimum atomic E-state index is -0.695. The first-order valence-corrected chi connectivity index (χ1v) is 9.78. The fourth-order valence-electron chi connectivity index (χ4n) is 5.65. The van der Waals surface area contributed by atoms with Gasteiger partial charge in [-0.2, -0.15) is 0 Å². The van der Waals surface area contributed by atoms with Crippen molar-refractivity contribution in [3.05, 3.63) is 23.8 Å². The monoisotopic (exact) mass is 348 g/mol. The first-order chi connectivity index (χ1) is 11.5. The van der Waals surface area contributed by atoms with E-state index in [-0.39, 0.29) is 17.3 Å². The van der Waals surface area contributed by atoms with Crippen molar-refractivity contribution in [3.63, 3.8) is 0 Å². The molecule has 142 valence electrons. The molecule has 0 aromatic heterocycles. The Kier molecular flexibility index (Phi) is 5.88. The Morgan fingerprint density at radius 3 is 2.52 bits per heavy atom. The van der Waals surface area contributed by atoms with E-state index in [1.165, 1.54) is 18.9 Å². The van der Waals surface area contributed by atoms with Gasteiger partial charge in [-0.25, -0.2) is 4.79 Å². The highest BCUT2D eigenvalue weighted by Crippen LogP contribution is 2.62. The van der Waals surface area contributed by atoms with Crippen LogP contribution in [0.5, 0.6) is 0 Å². The molecule has 0 amide bonds. The molecule has 0 heterocycles. The Balaban J connectivity index is 2.29. The Labute approximate surface area is 153 Å². The van der Waals surface area contributed by atoms with Crippen molar-refractivity contribution in [1.29, 1.82) is 0 Å². The van der Waals surface area contributed by atoms with E-state index >= 15 is 0 Å². The van der Waals surface area contributed by atoms with E-state index in [1.54, 1.807) is 0 Å². The Morgan fingerprint density at radius 2 is 1.88 bits per heavy atom. The lowest BCUT2D eigenvalue weighted by Crippen LogP contribution is -2.56. The fraction of sp³-hybridized carbons (Fsp3) is 0.773. The first kappa shape index (κ1) is 20.2. The largest absolute Gasteiger partial charge is 0.463 e. The summed E-state index contributed by atoms with van der Waals surface area (Å²) in [7, 11) is 0. The van der Waals surface area contributed by atoms with E-state index < -0.39 is 5.60 Å². The minimum absolute atomic E-state index is 0.101. The molecule has 4 atom stereocenters. The van der Waals surface area contributed by atoms with Crippen molar-refractivity contribution < 1.29 is 14.6 Å². The number of hydrogen-bond donors (Lipinski definition) is 1. The minimum Gasteiger partial charge on any atom is -0.463 e.